The average molecular weight is 705 g/mol. The standard InChI is InChI=1S/C35H44F4N6O5/c1-22(40-5)31(46)42-30(34(2,3)4)33(48)45-19-28(49-26-11-13-27(14-12-26)50-35(37,38)39)17-25(45)18-44(32(47)29-20-43(6)21-41-29)16-15-23-7-9-24(36)10-8-23/h7-14,20-22,25,28,30,40H,15-19H2,1-6H3,(H,42,46)/t22-,25-,28-,30+/m0/s1. The van der Waals surface area contributed by atoms with Gasteiger partial charge in [0, 0.05) is 32.8 Å². The number of hydrogen-bond acceptors (Lipinski definition) is 7. The number of nitrogens with zero attached hydrogens (tertiary/aromatic N) is 4. The summed E-state index contributed by atoms with van der Waals surface area (Å²) in [6.07, 6.45) is -1.68. The molecule has 0 aliphatic carbocycles. The maximum Gasteiger partial charge on any atom is 0.573 e. The van der Waals surface area contributed by atoms with Crippen molar-refractivity contribution in [1.29, 1.82) is 0 Å². The van der Waals surface area contributed by atoms with Gasteiger partial charge < -0.3 is 34.5 Å². The van der Waals surface area contributed by atoms with Crippen LogP contribution in [-0.2, 0) is 23.1 Å². The molecule has 11 nitrogen and oxygen atoms in total. The molecule has 272 valence electrons. The lowest BCUT2D eigenvalue weighted by atomic mass is 9.85. The third-order valence-electron chi connectivity index (χ3n) is 8.47. The molecular formula is C35H44F4N6O5. The first-order valence-corrected chi connectivity index (χ1v) is 16.3. The van der Waals surface area contributed by atoms with Crippen LogP contribution >= 0.6 is 0 Å². The monoisotopic (exact) mass is 704 g/mol. The van der Waals surface area contributed by atoms with Gasteiger partial charge in [0.15, 0.2) is 0 Å². The number of likely N-dealkylation sites (tertiary alicyclic amines) is 1. The highest BCUT2D eigenvalue weighted by molar-refractivity contribution is 5.92. The third-order valence-corrected chi connectivity index (χ3v) is 8.47. The molecule has 1 aromatic heterocycles. The van der Waals surface area contributed by atoms with Crippen molar-refractivity contribution < 1.29 is 41.4 Å². The lowest BCUT2D eigenvalue weighted by molar-refractivity contribution is -0.274. The van der Waals surface area contributed by atoms with Crippen LogP contribution in [0.2, 0.25) is 0 Å². The highest BCUT2D eigenvalue weighted by Crippen LogP contribution is 2.30. The van der Waals surface area contributed by atoms with Crippen molar-refractivity contribution in [2.75, 3.05) is 26.7 Å². The summed E-state index contributed by atoms with van der Waals surface area (Å²) in [6.45, 7) is 7.58. The predicted octanol–water partition coefficient (Wildman–Crippen LogP) is 4.33. The summed E-state index contributed by atoms with van der Waals surface area (Å²) < 4.78 is 63.4. The maximum absolute atomic E-state index is 14.4. The average Bonchev–Trinajstić information content (AvgIpc) is 3.66. The van der Waals surface area contributed by atoms with E-state index in [-0.39, 0.29) is 61.0 Å². The van der Waals surface area contributed by atoms with Gasteiger partial charge in [0.2, 0.25) is 11.8 Å². The molecule has 15 heteroatoms. The number of aryl methyl sites for hydroxylation is 1. The van der Waals surface area contributed by atoms with E-state index in [1.807, 2.05) is 20.8 Å². The van der Waals surface area contributed by atoms with Crippen LogP contribution in [0.4, 0.5) is 17.6 Å². The minimum absolute atomic E-state index is 0.0813. The molecule has 3 aromatic rings. The third kappa shape index (κ3) is 10.4. The zero-order valence-corrected chi connectivity index (χ0v) is 29.0. The normalized spacial score (nSPS) is 17.6. The van der Waals surface area contributed by atoms with Crippen molar-refractivity contribution >= 4 is 17.7 Å². The Morgan fingerprint density at radius 1 is 1.04 bits per heavy atom. The number of ether oxygens (including phenoxy) is 2. The molecule has 1 aliphatic heterocycles. The Labute approximate surface area is 288 Å². The molecule has 1 aliphatic rings. The summed E-state index contributed by atoms with van der Waals surface area (Å²) in [6, 6.07) is 8.84. The van der Waals surface area contributed by atoms with Crippen molar-refractivity contribution in [3.63, 3.8) is 0 Å². The molecular weight excluding hydrogens is 660 g/mol. The van der Waals surface area contributed by atoms with E-state index < -0.39 is 41.8 Å². The zero-order valence-electron chi connectivity index (χ0n) is 29.0. The summed E-state index contributed by atoms with van der Waals surface area (Å²) in [5.41, 5.74) is 0.305. The van der Waals surface area contributed by atoms with Crippen LogP contribution in [0.15, 0.2) is 61.1 Å². The molecule has 3 amide bonds. The number of hydrogen-bond donors (Lipinski definition) is 2. The van der Waals surface area contributed by atoms with E-state index in [2.05, 4.69) is 20.4 Å². The van der Waals surface area contributed by atoms with E-state index in [0.717, 1.165) is 17.7 Å². The molecule has 0 radical (unpaired) electrons. The Morgan fingerprint density at radius 3 is 2.24 bits per heavy atom. The van der Waals surface area contributed by atoms with Crippen LogP contribution in [0.5, 0.6) is 11.5 Å². The lowest BCUT2D eigenvalue weighted by Crippen LogP contribution is -2.59. The molecule has 1 fully saturated rings. The lowest BCUT2D eigenvalue weighted by Gasteiger charge is -2.37. The Balaban J connectivity index is 1.64. The molecule has 4 rings (SSSR count). The van der Waals surface area contributed by atoms with Crippen molar-refractivity contribution in [2.45, 2.75) is 71.1 Å². The first kappa shape index (κ1) is 38.1. The number of benzene rings is 2. The molecule has 0 unspecified atom stereocenters. The van der Waals surface area contributed by atoms with E-state index in [1.54, 1.807) is 53.7 Å². The Morgan fingerprint density at radius 2 is 1.68 bits per heavy atom. The number of carbonyl (C=O) groups excluding carboxylic acids is 3. The van der Waals surface area contributed by atoms with Crippen LogP contribution in [0.25, 0.3) is 0 Å². The SMILES string of the molecule is CN[C@@H](C)C(=O)N[C@H](C(=O)N1C[C@@H](Oc2ccc(OC(F)(F)F)cc2)C[C@H]1CN(CCc1ccc(F)cc1)C(=O)c1cn(C)cn1)C(C)(C)C. The largest absolute Gasteiger partial charge is 0.573 e. The molecule has 2 heterocycles. The fourth-order valence-electron chi connectivity index (χ4n) is 5.66. The molecule has 50 heavy (non-hydrogen) atoms. The summed E-state index contributed by atoms with van der Waals surface area (Å²) in [5, 5.41) is 5.76. The number of alkyl halides is 3. The van der Waals surface area contributed by atoms with Crippen molar-refractivity contribution in [3.05, 3.63) is 78.1 Å². The van der Waals surface area contributed by atoms with Gasteiger partial charge in [-0.3, -0.25) is 14.4 Å². The summed E-state index contributed by atoms with van der Waals surface area (Å²) in [4.78, 5) is 48.7. The van der Waals surface area contributed by atoms with Gasteiger partial charge in [0.1, 0.15) is 35.2 Å². The number of rotatable bonds is 13. The molecule has 0 spiro atoms. The van der Waals surface area contributed by atoms with Crippen molar-refractivity contribution in [3.8, 4) is 11.5 Å². The highest BCUT2D eigenvalue weighted by atomic mass is 19.4. The number of nitrogens with one attached hydrogen (secondary N) is 2. The first-order valence-electron chi connectivity index (χ1n) is 16.3. The van der Waals surface area contributed by atoms with Gasteiger partial charge in [-0.25, -0.2) is 9.37 Å². The molecule has 1 saturated heterocycles. The van der Waals surface area contributed by atoms with Crippen LogP contribution in [0.3, 0.4) is 0 Å². The molecule has 2 aromatic carbocycles. The number of likely N-dealkylation sites (N-methyl/N-ethyl adjacent to an activating group) is 1. The van der Waals surface area contributed by atoms with E-state index in [9.17, 15) is 31.9 Å². The number of aromatic nitrogens is 2. The number of imidazole rings is 1. The van der Waals surface area contributed by atoms with Gasteiger partial charge in [0.05, 0.1) is 25.0 Å². The smallest absolute Gasteiger partial charge is 0.489 e. The van der Waals surface area contributed by atoms with Gasteiger partial charge in [-0.05, 0) is 67.8 Å². The summed E-state index contributed by atoms with van der Waals surface area (Å²) >= 11 is 0. The number of carbonyl (C=O) groups is 3. The highest BCUT2D eigenvalue weighted by Gasteiger charge is 2.44. The van der Waals surface area contributed by atoms with E-state index in [0.29, 0.717) is 6.42 Å². The minimum Gasteiger partial charge on any atom is -0.489 e. The van der Waals surface area contributed by atoms with Gasteiger partial charge in [-0.2, -0.15) is 0 Å². The van der Waals surface area contributed by atoms with Crippen molar-refractivity contribution in [1.82, 2.24) is 30.0 Å². The quantitative estimate of drug-likeness (QED) is 0.255. The first-order chi connectivity index (χ1) is 23.4. The van der Waals surface area contributed by atoms with E-state index >= 15 is 0 Å². The predicted molar refractivity (Wildman–Crippen MR) is 177 cm³/mol. The topological polar surface area (TPSA) is 118 Å². The molecule has 0 saturated carbocycles. The van der Waals surface area contributed by atoms with Gasteiger partial charge in [-0.15, -0.1) is 13.2 Å². The van der Waals surface area contributed by atoms with E-state index in [4.69, 9.17) is 4.74 Å². The number of amides is 3. The molecule has 0 bridgehead atoms. The van der Waals surface area contributed by atoms with Gasteiger partial charge >= 0.3 is 6.36 Å². The Kier molecular flexibility index (Phi) is 12.1. The Bertz CT molecular complexity index is 1610. The molecule has 2 N–H and O–H groups in total. The van der Waals surface area contributed by atoms with Gasteiger partial charge in [0.25, 0.3) is 5.91 Å². The fraction of sp³-hybridized carbons (Fsp3) is 0.486. The maximum atomic E-state index is 14.4. The van der Waals surface area contributed by atoms with Crippen LogP contribution in [-0.4, -0.2) is 94.3 Å². The van der Waals surface area contributed by atoms with Crippen LogP contribution in [0.1, 0.15) is 50.2 Å². The van der Waals surface area contributed by atoms with Crippen molar-refractivity contribution in [2.24, 2.45) is 12.5 Å². The second-order valence-corrected chi connectivity index (χ2v) is 13.5. The summed E-state index contributed by atoms with van der Waals surface area (Å²) in [5.74, 6) is -1.63. The fourth-order valence-corrected chi connectivity index (χ4v) is 5.66. The van der Waals surface area contributed by atoms with Crippen LogP contribution in [0, 0.1) is 11.2 Å². The Hall–Kier alpha value is -4.66. The van der Waals surface area contributed by atoms with Crippen LogP contribution < -0.4 is 20.1 Å². The second-order valence-electron chi connectivity index (χ2n) is 13.5. The minimum atomic E-state index is -4.85. The number of halogens is 4. The van der Waals surface area contributed by atoms with E-state index in [1.165, 1.54) is 30.6 Å². The van der Waals surface area contributed by atoms with Gasteiger partial charge in [-0.1, -0.05) is 32.9 Å². The second kappa shape index (κ2) is 15.9. The zero-order chi connectivity index (χ0) is 36.8. The molecule has 4 atom stereocenters. The summed E-state index contributed by atoms with van der Waals surface area (Å²) in [7, 11) is 3.38.